The van der Waals surface area contributed by atoms with Crippen LogP contribution in [0.3, 0.4) is 0 Å². The van der Waals surface area contributed by atoms with Gasteiger partial charge in [0.25, 0.3) is 0 Å². The van der Waals surface area contributed by atoms with Crippen molar-refractivity contribution in [1.29, 1.82) is 0 Å². The lowest BCUT2D eigenvalue weighted by atomic mass is 9.74. The van der Waals surface area contributed by atoms with Crippen LogP contribution in [-0.2, 0) is 0 Å². The van der Waals surface area contributed by atoms with Crippen LogP contribution in [0.15, 0.2) is 0 Å². The van der Waals surface area contributed by atoms with Crippen molar-refractivity contribution in [3.63, 3.8) is 0 Å². The van der Waals surface area contributed by atoms with Gasteiger partial charge in [0.1, 0.15) is 0 Å². The summed E-state index contributed by atoms with van der Waals surface area (Å²) in [5, 5.41) is 9.88. The van der Waals surface area contributed by atoms with E-state index in [2.05, 4.69) is 32.6 Å². The largest absolute Gasteiger partial charge is 0.392 e. The van der Waals surface area contributed by atoms with E-state index in [-0.39, 0.29) is 6.10 Å². The third kappa shape index (κ3) is 2.98. The molecule has 0 bridgehead atoms. The molecule has 1 aliphatic heterocycles. The van der Waals surface area contributed by atoms with E-state index in [0.717, 1.165) is 6.42 Å². The maximum atomic E-state index is 9.88. The molecule has 2 unspecified atom stereocenters. The number of nitrogens with zero attached hydrogens (tertiary/aromatic N) is 1. The summed E-state index contributed by atoms with van der Waals surface area (Å²) in [7, 11) is 0. The monoisotopic (exact) mass is 227 g/mol. The molecule has 1 aliphatic rings. The van der Waals surface area contributed by atoms with Crippen molar-refractivity contribution in [3.8, 4) is 0 Å². The van der Waals surface area contributed by atoms with Gasteiger partial charge in [0.15, 0.2) is 0 Å². The molecule has 0 saturated carbocycles. The SMILES string of the molecule is CCC(O)C(C)N1CCC(CC)(CC)CC1. The molecule has 2 atom stereocenters. The Balaban J connectivity index is 2.48. The molecule has 1 heterocycles. The van der Waals surface area contributed by atoms with E-state index < -0.39 is 0 Å². The Morgan fingerprint density at radius 1 is 1.12 bits per heavy atom. The van der Waals surface area contributed by atoms with Crippen molar-refractivity contribution in [2.75, 3.05) is 13.1 Å². The zero-order valence-electron chi connectivity index (χ0n) is 11.5. The third-order valence-corrected chi connectivity index (χ3v) is 4.91. The van der Waals surface area contributed by atoms with Crippen LogP contribution in [0.4, 0.5) is 0 Å². The van der Waals surface area contributed by atoms with E-state index in [1.807, 2.05) is 0 Å². The zero-order chi connectivity index (χ0) is 12.2. The van der Waals surface area contributed by atoms with Gasteiger partial charge >= 0.3 is 0 Å². The highest BCUT2D eigenvalue weighted by molar-refractivity contribution is 4.87. The fourth-order valence-corrected chi connectivity index (χ4v) is 2.95. The Morgan fingerprint density at radius 2 is 1.62 bits per heavy atom. The van der Waals surface area contributed by atoms with Gasteiger partial charge in [-0.05, 0) is 44.7 Å². The molecule has 96 valence electrons. The van der Waals surface area contributed by atoms with Crippen molar-refractivity contribution in [2.45, 2.75) is 71.9 Å². The Kier molecular flexibility index (Phi) is 5.26. The second-order valence-electron chi connectivity index (χ2n) is 5.46. The van der Waals surface area contributed by atoms with Crippen LogP contribution in [0.25, 0.3) is 0 Å². The summed E-state index contributed by atoms with van der Waals surface area (Å²) in [5.74, 6) is 0. The van der Waals surface area contributed by atoms with Gasteiger partial charge in [-0.3, -0.25) is 4.90 Å². The summed E-state index contributed by atoms with van der Waals surface area (Å²) >= 11 is 0. The molecular weight excluding hydrogens is 198 g/mol. The Morgan fingerprint density at radius 3 is 2.00 bits per heavy atom. The first-order valence-electron chi connectivity index (χ1n) is 7.00. The number of piperidine rings is 1. The van der Waals surface area contributed by atoms with E-state index in [1.54, 1.807) is 0 Å². The van der Waals surface area contributed by atoms with E-state index in [1.165, 1.54) is 38.8 Å². The minimum atomic E-state index is -0.157. The molecule has 2 heteroatoms. The molecule has 0 aromatic heterocycles. The lowest BCUT2D eigenvalue weighted by Gasteiger charge is -2.44. The molecule has 1 rings (SSSR count). The molecule has 0 radical (unpaired) electrons. The second-order valence-corrected chi connectivity index (χ2v) is 5.46. The molecule has 0 amide bonds. The molecule has 16 heavy (non-hydrogen) atoms. The zero-order valence-corrected chi connectivity index (χ0v) is 11.5. The summed E-state index contributed by atoms with van der Waals surface area (Å²) in [6.07, 6.45) is 5.94. The normalized spacial score (nSPS) is 25.3. The van der Waals surface area contributed by atoms with Gasteiger partial charge in [-0.2, -0.15) is 0 Å². The number of hydrogen-bond acceptors (Lipinski definition) is 2. The molecule has 1 saturated heterocycles. The number of rotatable bonds is 5. The Hall–Kier alpha value is -0.0800. The fourth-order valence-electron chi connectivity index (χ4n) is 2.95. The summed E-state index contributed by atoms with van der Waals surface area (Å²) < 4.78 is 0. The average Bonchev–Trinajstić information content (AvgIpc) is 2.37. The van der Waals surface area contributed by atoms with Crippen molar-refractivity contribution >= 4 is 0 Å². The van der Waals surface area contributed by atoms with Crippen molar-refractivity contribution < 1.29 is 5.11 Å². The summed E-state index contributed by atoms with van der Waals surface area (Å²) in [5.41, 5.74) is 0.591. The lowest BCUT2D eigenvalue weighted by Crippen LogP contribution is -2.48. The number of aliphatic hydroxyl groups is 1. The number of likely N-dealkylation sites (tertiary alicyclic amines) is 1. The van der Waals surface area contributed by atoms with Crippen molar-refractivity contribution in [3.05, 3.63) is 0 Å². The molecule has 1 fully saturated rings. The summed E-state index contributed by atoms with van der Waals surface area (Å²) in [6, 6.07) is 0.330. The van der Waals surface area contributed by atoms with Gasteiger partial charge in [0, 0.05) is 6.04 Å². The van der Waals surface area contributed by atoms with E-state index in [4.69, 9.17) is 0 Å². The van der Waals surface area contributed by atoms with Gasteiger partial charge in [0.05, 0.1) is 6.10 Å². The highest BCUT2D eigenvalue weighted by Gasteiger charge is 2.33. The Bertz CT molecular complexity index is 191. The minimum absolute atomic E-state index is 0.157. The molecule has 0 aromatic carbocycles. The van der Waals surface area contributed by atoms with Crippen LogP contribution in [0, 0.1) is 5.41 Å². The molecular formula is C14H29NO. The van der Waals surface area contributed by atoms with Gasteiger partial charge < -0.3 is 5.11 Å². The van der Waals surface area contributed by atoms with Crippen molar-refractivity contribution in [2.24, 2.45) is 5.41 Å². The van der Waals surface area contributed by atoms with E-state index >= 15 is 0 Å². The highest BCUT2D eigenvalue weighted by atomic mass is 16.3. The average molecular weight is 227 g/mol. The standard InChI is InChI=1S/C14H29NO/c1-5-13(16)12(4)15-10-8-14(6-2,7-3)9-11-15/h12-13,16H,5-11H2,1-4H3. The first kappa shape index (κ1) is 14.0. The maximum absolute atomic E-state index is 9.88. The van der Waals surface area contributed by atoms with Crippen LogP contribution in [-0.4, -0.2) is 35.2 Å². The van der Waals surface area contributed by atoms with Gasteiger partial charge in [-0.1, -0.05) is 33.6 Å². The van der Waals surface area contributed by atoms with Crippen LogP contribution in [0.5, 0.6) is 0 Å². The van der Waals surface area contributed by atoms with Gasteiger partial charge in [0.2, 0.25) is 0 Å². The molecule has 1 N–H and O–H groups in total. The molecule has 0 aromatic rings. The first-order valence-corrected chi connectivity index (χ1v) is 7.00. The third-order valence-electron chi connectivity index (χ3n) is 4.91. The minimum Gasteiger partial charge on any atom is -0.392 e. The predicted octanol–water partition coefficient (Wildman–Crippen LogP) is 3.05. The smallest absolute Gasteiger partial charge is 0.0690 e. The van der Waals surface area contributed by atoms with Crippen LogP contribution < -0.4 is 0 Å². The lowest BCUT2D eigenvalue weighted by molar-refractivity contribution is 0.0117. The maximum Gasteiger partial charge on any atom is 0.0690 e. The van der Waals surface area contributed by atoms with Crippen LogP contribution >= 0.6 is 0 Å². The van der Waals surface area contributed by atoms with Gasteiger partial charge in [-0.15, -0.1) is 0 Å². The summed E-state index contributed by atoms with van der Waals surface area (Å²) in [4.78, 5) is 2.47. The second kappa shape index (κ2) is 6.02. The first-order chi connectivity index (χ1) is 7.58. The molecule has 0 spiro atoms. The highest BCUT2D eigenvalue weighted by Crippen LogP contribution is 2.38. The predicted molar refractivity (Wildman–Crippen MR) is 69.6 cm³/mol. The topological polar surface area (TPSA) is 23.5 Å². The number of aliphatic hydroxyl groups excluding tert-OH is 1. The molecule has 2 nitrogen and oxygen atoms in total. The van der Waals surface area contributed by atoms with Gasteiger partial charge in [-0.25, -0.2) is 0 Å². The van der Waals surface area contributed by atoms with Crippen LogP contribution in [0.1, 0.15) is 59.8 Å². The molecule has 0 aliphatic carbocycles. The fraction of sp³-hybridized carbons (Fsp3) is 1.00. The van der Waals surface area contributed by atoms with E-state index in [0.29, 0.717) is 11.5 Å². The van der Waals surface area contributed by atoms with E-state index in [9.17, 15) is 5.11 Å². The van der Waals surface area contributed by atoms with Crippen LogP contribution in [0.2, 0.25) is 0 Å². The quantitative estimate of drug-likeness (QED) is 0.780. The Labute approximate surface area is 101 Å². The summed E-state index contributed by atoms with van der Waals surface area (Å²) in [6.45, 7) is 11.2. The number of hydrogen-bond donors (Lipinski definition) is 1. The van der Waals surface area contributed by atoms with Crippen molar-refractivity contribution in [1.82, 2.24) is 4.90 Å².